The van der Waals surface area contributed by atoms with E-state index in [2.05, 4.69) is 15.5 Å². The van der Waals surface area contributed by atoms with Gasteiger partial charge < -0.3 is 19.1 Å². The smallest absolute Gasteiger partial charge is 0.388 e. The van der Waals surface area contributed by atoms with Crippen LogP contribution in [0.15, 0.2) is 53.6 Å². The molecular weight excluding hydrogens is 332 g/mol. The zero-order valence-corrected chi connectivity index (χ0v) is 13.4. The van der Waals surface area contributed by atoms with Crippen LogP contribution >= 0.6 is 11.6 Å². The van der Waals surface area contributed by atoms with E-state index in [1.54, 1.807) is 42.9 Å². The van der Waals surface area contributed by atoms with Crippen LogP contribution in [0, 0.1) is 0 Å². The van der Waals surface area contributed by atoms with Gasteiger partial charge in [-0.05, 0) is 35.8 Å². The van der Waals surface area contributed by atoms with Gasteiger partial charge in [0.05, 0.1) is 12.4 Å². The molecule has 0 aliphatic carbocycles. The summed E-state index contributed by atoms with van der Waals surface area (Å²) in [6, 6.07) is 8.62. The van der Waals surface area contributed by atoms with Gasteiger partial charge in [-0.1, -0.05) is 11.6 Å². The number of hydrogen-bond acceptors (Lipinski definition) is 5. The maximum atomic E-state index is 11.7. The fourth-order valence-corrected chi connectivity index (χ4v) is 2.19. The first-order valence-corrected chi connectivity index (χ1v) is 7.72. The van der Waals surface area contributed by atoms with Crippen molar-refractivity contribution in [2.45, 2.75) is 13.0 Å². The van der Waals surface area contributed by atoms with Crippen LogP contribution in [0.25, 0.3) is 11.3 Å². The third-order valence-corrected chi connectivity index (χ3v) is 3.49. The number of nitrogens with zero attached hydrogens (tertiary/aromatic N) is 3. The van der Waals surface area contributed by atoms with E-state index in [1.807, 2.05) is 10.8 Å². The van der Waals surface area contributed by atoms with E-state index < -0.39 is 6.09 Å². The molecule has 0 atom stereocenters. The van der Waals surface area contributed by atoms with Crippen LogP contribution in [0.4, 0.5) is 4.79 Å². The largest absolute Gasteiger partial charge is 0.414 e. The topological polar surface area (TPSA) is 82.2 Å². The molecule has 2 heterocycles. The van der Waals surface area contributed by atoms with E-state index in [1.165, 1.54) is 0 Å². The van der Waals surface area contributed by atoms with Crippen LogP contribution in [0.1, 0.15) is 6.42 Å². The molecule has 0 aliphatic rings. The first-order valence-electron chi connectivity index (χ1n) is 7.35. The molecule has 0 aliphatic heterocycles. The van der Waals surface area contributed by atoms with Crippen molar-refractivity contribution < 1.29 is 14.1 Å². The molecule has 0 radical (unpaired) electrons. The van der Waals surface area contributed by atoms with Gasteiger partial charge in [-0.3, -0.25) is 0 Å². The van der Waals surface area contributed by atoms with Crippen molar-refractivity contribution in [1.82, 2.24) is 20.0 Å². The zero-order valence-electron chi connectivity index (χ0n) is 12.7. The van der Waals surface area contributed by atoms with Crippen molar-refractivity contribution in [3.8, 4) is 17.2 Å². The number of rotatable bonds is 6. The number of carbonyl (C=O) groups is 1. The monoisotopic (exact) mass is 346 g/mol. The maximum Gasteiger partial charge on any atom is 0.414 e. The molecule has 1 N–H and O–H groups in total. The highest BCUT2D eigenvalue weighted by atomic mass is 35.5. The normalized spacial score (nSPS) is 10.5. The summed E-state index contributed by atoms with van der Waals surface area (Å²) in [7, 11) is 0. The minimum Gasteiger partial charge on any atom is -0.388 e. The van der Waals surface area contributed by atoms with Crippen molar-refractivity contribution in [2.24, 2.45) is 0 Å². The highest BCUT2D eigenvalue weighted by Crippen LogP contribution is 2.24. The Morgan fingerprint density at radius 1 is 1.33 bits per heavy atom. The Hall–Kier alpha value is -2.80. The fraction of sp³-hybridized carbons (Fsp3) is 0.188. The van der Waals surface area contributed by atoms with Crippen LogP contribution in [-0.2, 0) is 6.54 Å². The number of aromatic nitrogens is 3. The fourth-order valence-electron chi connectivity index (χ4n) is 2.06. The number of amides is 1. The molecule has 0 saturated carbocycles. The average Bonchev–Trinajstić information content (AvgIpc) is 3.24. The Kier molecular flexibility index (Phi) is 5.12. The van der Waals surface area contributed by atoms with E-state index in [0.717, 1.165) is 18.5 Å². The molecule has 3 aromatic rings. The summed E-state index contributed by atoms with van der Waals surface area (Å²) >= 11 is 5.84. The van der Waals surface area contributed by atoms with Gasteiger partial charge in [-0.2, -0.15) is 0 Å². The summed E-state index contributed by atoms with van der Waals surface area (Å²) in [5.74, 6) is 0.599. The van der Waals surface area contributed by atoms with Crippen LogP contribution in [-0.4, -0.2) is 27.3 Å². The Morgan fingerprint density at radius 3 is 2.92 bits per heavy atom. The summed E-state index contributed by atoms with van der Waals surface area (Å²) in [6.45, 7) is 1.25. The first kappa shape index (κ1) is 16.1. The van der Waals surface area contributed by atoms with Gasteiger partial charge in [0.1, 0.15) is 0 Å². The van der Waals surface area contributed by atoms with E-state index in [4.69, 9.17) is 20.9 Å². The molecule has 3 rings (SSSR count). The molecule has 7 nitrogen and oxygen atoms in total. The Bertz CT molecular complexity index is 784. The summed E-state index contributed by atoms with van der Waals surface area (Å²) in [5, 5.41) is 7.01. The molecule has 0 unspecified atom stereocenters. The predicted octanol–water partition coefficient (Wildman–Crippen LogP) is 3.37. The molecular formula is C16H15ClN4O3. The number of imidazole rings is 1. The highest BCUT2D eigenvalue weighted by molar-refractivity contribution is 6.30. The summed E-state index contributed by atoms with van der Waals surface area (Å²) in [4.78, 5) is 15.7. The number of nitrogens with one attached hydrogen (secondary N) is 1. The van der Waals surface area contributed by atoms with Gasteiger partial charge >= 0.3 is 6.09 Å². The molecule has 8 heteroatoms. The van der Waals surface area contributed by atoms with E-state index in [-0.39, 0.29) is 5.88 Å². The standard InChI is InChI=1S/C16H15ClN4O3/c17-13-4-2-12(3-5-13)14-10-15(20-24-14)23-16(22)19-6-1-8-21-9-7-18-11-21/h2-5,7,9-11H,1,6,8H2,(H,19,22). The maximum absolute atomic E-state index is 11.7. The lowest BCUT2D eigenvalue weighted by molar-refractivity contribution is 0.195. The first-order chi connectivity index (χ1) is 11.7. The highest BCUT2D eigenvalue weighted by Gasteiger charge is 2.11. The molecule has 124 valence electrons. The van der Waals surface area contributed by atoms with Gasteiger partial charge in [0.2, 0.25) is 0 Å². The van der Waals surface area contributed by atoms with Crippen LogP contribution in [0.3, 0.4) is 0 Å². The number of carbonyl (C=O) groups excluding carboxylic acids is 1. The van der Waals surface area contributed by atoms with Crippen molar-refractivity contribution >= 4 is 17.7 Å². The number of benzene rings is 1. The van der Waals surface area contributed by atoms with Crippen LogP contribution < -0.4 is 10.1 Å². The SMILES string of the molecule is O=C(NCCCn1ccnc1)Oc1cc(-c2ccc(Cl)cc2)on1. The molecule has 0 bridgehead atoms. The summed E-state index contributed by atoms with van der Waals surface area (Å²) in [6.07, 6.45) is 5.50. The molecule has 0 spiro atoms. The second kappa shape index (κ2) is 7.65. The predicted molar refractivity (Wildman–Crippen MR) is 87.8 cm³/mol. The lowest BCUT2D eigenvalue weighted by atomic mass is 10.2. The van der Waals surface area contributed by atoms with E-state index in [9.17, 15) is 4.79 Å². The molecule has 24 heavy (non-hydrogen) atoms. The number of aryl methyl sites for hydroxylation is 1. The Balaban J connectivity index is 1.45. The van der Waals surface area contributed by atoms with Crippen LogP contribution in [0.2, 0.25) is 5.02 Å². The van der Waals surface area contributed by atoms with Crippen molar-refractivity contribution in [2.75, 3.05) is 6.54 Å². The molecule has 2 aromatic heterocycles. The Labute approximate surface area is 143 Å². The summed E-state index contributed by atoms with van der Waals surface area (Å²) < 4.78 is 12.2. The average molecular weight is 347 g/mol. The van der Waals surface area contributed by atoms with Crippen molar-refractivity contribution in [3.05, 3.63) is 54.1 Å². The molecule has 0 saturated heterocycles. The number of ether oxygens (including phenoxy) is 1. The summed E-state index contributed by atoms with van der Waals surface area (Å²) in [5.41, 5.74) is 0.794. The van der Waals surface area contributed by atoms with E-state index in [0.29, 0.717) is 17.3 Å². The van der Waals surface area contributed by atoms with Gasteiger partial charge in [0.15, 0.2) is 5.76 Å². The zero-order chi connectivity index (χ0) is 16.8. The second-order valence-corrected chi connectivity index (χ2v) is 5.44. The third kappa shape index (κ3) is 4.36. The van der Waals surface area contributed by atoms with Gasteiger partial charge in [0, 0.05) is 36.1 Å². The van der Waals surface area contributed by atoms with Gasteiger partial charge in [-0.15, -0.1) is 0 Å². The lowest BCUT2D eigenvalue weighted by Crippen LogP contribution is -2.28. The number of hydrogen-bond donors (Lipinski definition) is 1. The Morgan fingerprint density at radius 2 is 2.17 bits per heavy atom. The molecule has 0 fully saturated rings. The van der Waals surface area contributed by atoms with E-state index >= 15 is 0 Å². The number of halogens is 1. The minimum atomic E-state index is -0.573. The van der Waals surface area contributed by atoms with Gasteiger partial charge in [0.25, 0.3) is 5.88 Å². The van der Waals surface area contributed by atoms with Gasteiger partial charge in [-0.25, -0.2) is 9.78 Å². The third-order valence-electron chi connectivity index (χ3n) is 3.24. The lowest BCUT2D eigenvalue weighted by Gasteiger charge is -2.04. The van der Waals surface area contributed by atoms with Crippen molar-refractivity contribution in [3.63, 3.8) is 0 Å². The minimum absolute atomic E-state index is 0.104. The molecule has 1 amide bonds. The van der Waals surface area contributed by atoms with Crippen LogP contribution in [0.5, 0.6) is 5.88 Å². The van der Waals surface area contributed by atoms with Crippen molar-refractivity contribution in [1.29, 1.82) is 0 Å². The quantitative estimate of drug-likeness (QED) is 0.692. The second-order valence-electron chi connectivity index (χ2n) is 5.01. The molecule has 1 aromatic carbocycles.